The van der Waals surface area contributed by atoms with Gasteiger partial charge in [-0.15, -0.1) is 6.58 Å². The summed E-state index contributed by atoms with van der Waals surface area (Å²) in [6.45, 7) is 5.61. The predicted octanol–water partition coefficient (Wildman–Crippen LogP) is 2.73. The van der Waals surface area contributed by atoms with Crippen molar-refractivity contribution in [2.75, 3.05) is 0 Å². The summed E-state index contributed by atoms with van der Waals surface area (Å²) in [6, 6.07) is 3.43. The molecule has 1 aromatic rings. The van der Waals surface area contributed by atoms with Gasteiger partial charge in [-0.2, -0.15) is 0 Å². The van der Waals surface area contributed by atoms with E-state index in [0.717, 1.165) is 11.1 Å². The number of pyridine rings is 1. The van der Waals surface area contributed by atoms with Gasteiger partial charge in [0.2, 0.25) is 0 Å². The smallest absolute Gasteiger partial charge is 0.129 e. The minimum Gasteiger partial charge on any atom is -0.388 e. The first-order valence-corrected chi connectivity index (χ1v) is 4.41. The number of aromatic nitrogens is 1. The zero-order valence-electron chi connectivity index (χ0n) is 7.50. The third-order valence-corrected chi connectivity index (χ3v) is 1.90. The van der Waals surface area contributed by atoms with Crippen molar-refractivity contribution in [1.82, 2.24) is 4.98 Å². The standard InChI is InChI=1S/C10H12ClNO/c1-7(2)5-9(13)8-3-4-10(11)12-6-8/h3-4,6,9,13H,1,5H2,2H3. The number of aliphatic hydroxyl groups excluding tert-OH is 1. The maximum Gasteiger partial charge on any atom is 0.129 e. The van der Waals surface area contributed by atoms with E-state index in [1.54, 1.807) is 18.3 Å². The molecule has 2 nitrogen and oxygen atoms in total. The Kier molecular flexibility index (Phi) is 3.46. The van der Waals surface area contributed by atoms with Gasteiger partial charge in [0.25, 0.3) is 0 Å². The second-order valence-corrected chi connectivity index (χ2v) is 3.48. The molecule has 0 aromatic carbocycles. The summed E-state index contributed by atoms with van der Waals surface area (Å²) in [7, 11) is 0. The Hall–Kier alpha value is -0.860. The van der Waals surface area contributed by atoms with Crippen LogP contribution in [-0.2, 0) is 0 Å². The van der Waals surface area contributed by atoms with Crippen LogP contribution in [0.25, 0.3) is 0 Å². The van der Waals surface area contributed by atoms with Crippen LogP contribution in [0.2, 0.25) is 5.15 Å². The van der Waals surface area contributed by atoms with Gasteiger partial charge in [-0.25, -0.2) is 4.98 Å². The Balaban J connectivity index is 2.71. The van der Waals surface area contributed by atoms with Crippen molar-refractivity contribution in [3.8, 4) is 0 Å². The number of aliphatic hydroxyl groups is 1. The number of nitrogens with zero attached hydrogens (tertiary/aromatic N) is 1. The number of hydrogen-bond donors (Lipinski definition) is 1. The van der Waals surface area contributed by atoms with Crippen LogP contribution >= 0.6 is 11.6 Å². The fourth-order valence-corrected chi connectivity index (χ4v) is 1.14. The fraction of sp³-hybridized carbons (Fsp3) is 0.300. The lowest BCUT2D eigenvalue weighted by atomic mass is 10.1. The number of halogens is 1. The Morgan fingerprint density at radius 1 is 1.69 bits per heavy atom. The lowest BCUT2D eigenvalue weighted by Gasteiger charge is -2.09. The molecule has 0 aliphatic heterocycles. The van der Waals surface area contributed by atoms with E-state index in [4.69, 9.17) is 11.6 Å². The molecule has 3 heteroatoms. The SMILES string of the molecule is C=C(C)CC(O)c1ccc(Cl)nc1. The monoisotopic (exact) mass is 197 g/mol. The van der Waals surface area contributed by atoms with E-state index in [9.17, 15) is 5.11 Å². The zero-order chi connectivity index (χ0) is 9.84. The molecule has 1 aromatic heterocycles. The summed E-state index contributed by atoms with van der Waals surface area (Å²) in [5.41, 5.74) is 1.72. The van der Waals surface area contributed by atoms with E-state index in [1.165, 1.54) is 0 Å². The highest BCUT2D eigenvalue weighted by Crippen LogP contribution is 2.19. The van der Waals surface area contributed by atoms with Gasteiger partial charge < -0.3 is 5.11 Å². The molecule has 0 aliphatic rings. The second-order valence-electron chi connectivity index (χ2n) is 3.09. The van der Waals surface area contributed by atoms with Crippen molar-refractivity contribution in [2.24, 2.45) is 0 Å². The molecule has 1 rings (SSSR count). The van der Waals surface area contributed by atoms with Crippen LogP contribution in [0.5, 0.6) is 0 Å². The van der Waals surface area contributed by atoms with Crippen LogP contribution in [0, 0.1) is 0 Å². The molecule has 0 fully saturated rings. The van der Waals surface area contributed by atoms with Crippen LogP contribution in [0.4, 0.5) is 0 Å². The van der Waals surface area contributed by atoms with Gasteiger partial charge in [-0.05, 0) is 25.0 Å². The highest BCUT2D eigenvalue weighted by Gasteiger charge is 2.07. The molecule has 0 spiro atoms. The lowest BCUT2D eigenvalue weighted by molar-refractivity contribution is 0.178. The Morgan fingerprint density at radius 3 is 2.85 bits per heavy atom. The summed E-state index contributed by atoms with van der Waals surface area (Å²) in [4.78, 5) is 3.88. The number of rotatable bonds is 3. The van der Waals surface area contributed by atoms with Crippen LogP contribution in [0.15, 0.2) is 30.5 Å². The molecule has 1 heterocycles. The summed E-state index contributed by atoms with van der Waals surface area (Å²) < 4.78 is 0. The Labute approximate surface area is 82.9 Å². The summed E-state index contributed by atoms with van der Waals surface area (Å²) >= 11 is 5.61. The average Bonchev–Trinajstić information content (AvgIpc) is 2.04. The molecular weight excluding hydrogens is 186 g/mol. The van der Waals surface area contributed by atoms with Crippen molar-refractivity contribution in [3.63, 3.8) is 0 Å². The van der Waals surface area contributed by atoms with Crippen LogP contribution in [0.1, 0.15) is 25.0 Å². The molecule has 13 heavy (non-hydrogen) atoms. The molecule has 0 amide bonds. The maximum absolute atomic E-state index is 9.64. The van der Waals surface area contributed by atoms with Crippen molar-refractivity contribution >= 4 is 11.6 Å². The molecule has 1 atom stereocenters. The second kappa shape index (κ2) is 4.40. The molecule has 0 saturated heterocycles. The molecule has 0 bridgehead atoms. The van der Waals surface area contributed by atoms with E-state index >= 15 is 0 Å². The van der Waals surface area contributed by atoms with E-state index in [1.807, 2.05) is 6.92 Å². The average molecular weight is 198 g/mol. The van der Waals surface area contributed by atoms with E-state index in [0.29, 0.717) is 11.6 Å². The predicted molar refractivity (Wildman–Crippen MR) is 53.6 cm³/mol. The van der Waals surface area contributed by atoms with E-state index in [-0.39, 0.29) is 0 Å². The van der Waals surface area contributed by atoms with Gasteiger partial charge >= 0.3 is 0 Å². The van der Waals surface area contributed by atoms with Crippen LogP contribution in [0.3, 0.4) is 0 Å². The molecule has 70 valence electrons. The molecule has 0 radical (unpaired) electrons. The quantitative estimate of drug-likeness (QED) is 0.597. The highest BCUT2D eigenvalue weighted by molar-refractivity contribution is 6.29. The van der Waals surface area contributed by atoms with Gasteiger partial charge in [0.15, 0.2) is 0 Å². The maximum atomic E-state index is 9.64. The van der Waals surface area contributed by atoms with Crippen molar-refractivity contribution < 1.29 is 5.11 Å². The zero-order valence-corrected chi connectivity index (χ0v) is 8.25. The van der Waals surface area contributed by atoms with Gasteiger partial charge in [0, 0.05) is 6.20 Å². The summed E-state index contributed by atoms with van der Waals surface area (Å²) in [5, 5.41) is 10.1. The third kappa shape index (κ3) is 3.17. The highest BCUT2D eigenvalue weighted by atomic mass is 35.5. The molecular formula is C10H12ClNO. The van der Waals surface area contributed by atoms with E-state index < -0.39 is 6.10 Å². The Bertz CT molecular complexity index is 294. The van der Waals surface area contributed by atoms with Gasteiger partial charge in [-0.3, -0.25) is 0 Å². The summed E-state index contributed by atoms with van der Waals surface area (Å²) in [6.07, 6.45) is 1.61. The minimum absolute atomic E-state index is 0.436. The van der Waals surface area contributed by atoms with E-state index in [2.05, 4.69) is 11.6 Å². The lowest BCUT2D eigenvalue weighted by Crippen LogP contribution is -1.98. The molecule has 0 saturated carbocycles. The first kappa shape index (κ1) is 10.2. The van der Waals surface area contributed by atoms with Crippen molar-refractivity contribution in [1.29, 1.82) is 0 Å². The van der Waals surface area contributed by atoms with Crippen molar-refractivity contribution in [3.05, 3.63) is 41.2 Å². The first-order valence-electron chi connectivity index (χ1n) is 4.03. The van der Waals surface area contributed by atoms with Crippen LogP contribution in [-0.4, -0.2) is 10.1 Å². The molecule has 1 unspecified atom stereocenters. The normalized spacial score (nSPS) is 12.5. The minimum atomic E-state index is -0.526. The van der Waals surface area contributed by atoms with Crippen LogP contribution < -0.4 is 0 Å². The van der Waals surface area contributed by atoms with Gasteiger partial charge in [0.05, 0.1) is 6.10 Å². The largest absolute Gasteiger partial charge is 0.388 e. The summed E-state index contributed by atoms with van der Waals surface area (Å²) in [5.74, 6) is 0. The third-order valence-electron chi connectivity index (χ3n) is 1.68. The van der Waals surface area contributed by atoms with Crippen molar-refractivity contribution in [2.45, 2.75) is 19.4 Å². The van der Waals surface area contributed by atoms with Gasteiger partial charge in [0.1, 0.15) is 5.15 Å². The topological polar surface area (TPSA) is 33.1 Å². The Morgan fingerprint density at radius 2 is 2.38 bits per heavy atom. The number of hydrogen-bond acceptors (Lipinski definition) is 2. The molecule has 1 N–H and O–H groups in total. The molecule has 0 aliphatic carbocycles. The first-order chi connectivity index (χ1) is 6.09. The fourth-order valence-electron chi connectivity index (χ4n) is 1.03. The van der Waals surface area contributed by atoms with Gasteiger partial charge in [-0.1, -0.05) is 23.2 Å².